The number of carbonyl (C=O) groups is 2. The van der Waals surface area contributed by atoms with Crippen LogP contribution in [0.3, 0.4) is 0 Å². The maximum Gasteiger partial charge on any atom is 0.264 e. The van der Waals surface area contributed by atoms with Gasteiger partial charge in [-0.25, -0.2) is 8.42 Å². The lowest BCUT2D eigenvalue weighted by Gasteiger charge is -2.35. The third kappa shape index (κ3) is 9.24. The molecule has 0 spiro atoms. The number of nitrogens with zero attached hydrogens (tertiary/aromatic N) is 2. The van der Waals surface area contributed by atoms with E-state index >= 15 is 0 Å². The molecule has 246 valence electrons. The van der Waals surface area contributed by atoms with Crippen molar-refractivity contribution in [2.24, 2.45) is 0 Å². The second-order valence-corrected chi connectivity index (χ2v) is 15.2. The molecule has 0 heterocycles. The summed E-state index contributed by atoms with van der Waals surface area (Å²) >= 11 is 9.61. The topological polar surface area (TPSA) is 86.8 Å². The lowest BCUT2D eigenvalue weighted by molar-refractivity contribution is -0.140. The van der Waals surface area contributed by atoms with Gasteiger partial charge < -0.3 is 10.2 Å². The molecule has 1 atom stereocenters. The predicted molar refractivity (Wildman–Crippen MR) is 191 cm³/mol. The second kappa shape index (κ2) is 16.0. The van der Waals surface area contributed by atoms with Gasteiger partial charge in [-0.1, -0.05) is 107 Å². The molecule has 5 rings (SSSR count). The first-order chi connectivity index (χ1) is 22.6. The quantitative estimate of drug-likeness (QED) is 0.162. The van der Waals surface area contributed by atoms with Crippen molar-refractivity contribution < 1.29 is 18.0 Å². The molecule has 0 unspecified atom stereocenters. The molecule has 1 aliphatic rings. The molecule has 4 aromatic carbocycles. The number of sulfonamides is 1. The van der Waals surface area contributed by atoms with Gasteiger partial charge in [0.1, 0.15) is 12.6 Å². The lowest BCUT2D eigenvalue weighted by atomic mass is 9.94. The summed E-state index contributed by atoms with van der Waals surface area (Å²) in [5.41, 5.74) is 2.99. The molecule has 7 nitrogen and oxygen atoms in total. The van der Waals surface area contributed by atoms with E-state index in [1.165, 1.54) is 29.2 Å². The maximum absolute atomic E-state index is 14.7. The fraction of sp³-hybridized carbons (Fsp3) is 0.297. The SMILES string of the molecule is Cc1ccc(N(CC(=O)N(Cc2cccc(Br)c2)[C@@H](Cc2ccccc2)C(=O)NC2CCCCC2)S(=O)(=O)c2ccc(Cl)cc2)cc1. The molecule has 1 N–H and O–H groups in total. The van der Waals surface area contributed by atoms with Crippen LogP contribution in [0.25, 0.3) is 0 Å². The standard InChI is InChI=1S/C37H39BrClN3O4S/c1-27-15-19-33(20-16-27)42(47(45,46)34-21-17-31(39)18-22-34)26-36(43)41(25-29-11-8-12-30(38)23-29)35(24-28-9-4-2-5-10-28)37(44)40-32-13-6-3-7-14-32/h2,4-5,8-12,15-23,32,35H,3,6-7,13-14,24-26H2,1H3,(H,40,44)/t35-/m0/s1. The average molecular weight is 737 g/mol. The van der Waals surface area contributed by atoms with Gasteiger partial charge in [-0.3, -0.25) is 13.9 Å². The van der Waals surface area contributed by atoms with Crippen LogP contribution < -0.4 is 9.62 Å². The molecule has 0 saturated heterocycles. The number of aryl methyl sites for hydroxylation is 1. The number of carbonyl (C=O) groups excluding carboxylic acids is 2. The Bertz CT molecular complexity index is 1760. The summed E-state index contributed by atoms with van der Waals surface area (Å²) in [5, 5.41) is 3.64. The van der Waals surface area contributed by atoms with Gasteiger partial charge in [0.25, 0.3) is 10.0 Å². The van der Waals surface area contributed by atoms with Crippen molar-refractivity contribution in [3.8, 4) is 0 Å². The third-order valence-electron chi connectivity index (χ3n) is 8.47. The van der Waals surface area contributed by atoms with Gasteiger partial charge >= 0.3 is 0 Å². The van der Waals surface area contributed by atoms with Gasteiger partial charge in [0.05, 0.1) is 10.6 Å². The van der Waals surface area contributed by atoms with E-state index in [1.807, 2.05) is 61.5 Å². The summed E-state index contributed by atoms with van der Waals surface area (Å²) in [4.78, 5) is 30.4. The zero-order valence-corrected chi connectivity index (χ0v) is 29.5. The zero-order valence-electron chi connectivity index (χ0n) is 26.3. The van der Waals surface area contributed by atoms with E-state index in [0.717, 1.165) is 57.6 Å². The van der Waals surface area contributed by atoms with Crippen molar-refractivity contribution in [1.82, 2.24) is 10.2 Å². The smallest absolute Gasteiger partial charge is 0.264 e. The first-order valence-corrected chi connectivity index (χ1v) is 18.4. The Morgan fingerprint density at radius 2 is 1.53 bits per heavy atom. The summed E-state index contributed by atoms with van der Waals surface area (Å²) in [7, 11) is -4.20. The molecule has 2 amide bonds. The number of amides is 2. The molecule has 0 aliphatic heterocycles. The first-order valence-electron chi connectivity index (χ1n) is 15.8. The number of rotatable bonds is 12. The highest BCUT2D eigenvalue weighted by Gasteiger charge is 2.35. The molecule has 4 aromatic rings. The fourth-order valence-electron chi connectivity index (χ4n) is 5.90. The summed E-state index contributed by atoms with van der Waals surface area (Å²) in [5.74, 6) is -0.741. The van der Waals surface area contributed by atoms with Crippen molar-refractivity contribution in [3.63, 3.8) is 0 Å². The molecule has 0 bridgehead atoms. The summed E-state index contributed by atoms with van der Waals surface area (Å²) in [6, 6.07) is 29.2. The highest BCUT2D eigenvalue weighted by molar-refractivity contribution is 9.10. The molecule has 10 heteroatoms. The molecule has 0 radical (unpaired) electrons. The third-order valence-corrected chi connectivity index (χ3v) is 11.0. The minimum Gasteiger partial charge on any atom is -0.352 e. The summed E-state index contributed by atoms with van der Waals surface area (Å²) < 4.78 is 30.3. The van der Waals surface area contributed by atoms with E-state index in [1.54, 1.807) is 24.3 Å². The number of nitrogens with one attached hydrogen (secondary N) is 1. The Hall–Kier alpha value is -3.66. The van der Waals surface area contributed by atoms with E-state index in [2.05, 4.69) is 21.2 Å². The Morgan fingerprint density at radius 3 is 2.19 bits per heavy atom. The Labute approximate surface area is 291 Å². The van der Waals surface area contributed by atoms with Crippen LogP contribution in [-0.4, -0.2) is 43.8 Å². The van der Waals surface area contributed by atoms with Gasteiger partial charge in [-0.15, -0.1) is 0 Å². The van der Waals surface area contributed by atoms with Crippen molar-refractivity contribution >= 4 is 55.1 Å². The van der Waals surface area contributed by atoms with Crippen LogP contribution in [-0.2, 0) is 32.6 Å². The molecule has 1 fully saturated rings. The Kier molecular flexibility index (Phi) is 11.8. The maximum atomic E-state index is 14.7. The Balaban J connectivity index is 1.56. The number of hydrogen-bond acceptors (Lipinski definition) is 4. The highest BCUT2D eigenvalue weighted by Crippen LogP contribution is 2.27. The van der Waals surface area contributed by atoms with Crippen LogP contribution in [0, 0.1) is 6.92 Å². The zero-order chi connectivity index (χ0) is 33.4. The predicted octanol–water partition coefficient (Wildman–Crippen LogP) is 7.70. The van der Waals surface area contributed by atoms with Crippen molar-refractivity contribution in [2.45, 2.75) is 69.0 Å². The van der Waals surface area contributed by atoms with Crippen LogP contribution in [0.4, 0.5) is 5.69 Å². The van der Waals surface area contributed by atoms with Crippen LogP contribution >= 0.6 is 27.5 Å². The molecular weight excluding hydrogens is 698 g/mol. The van der Waals surface area contributed by atoms with Gasteiger partial charge in [0.2, 0.25) is 11.8 Å². The highest BCUT2D eigenvalue weighted by atomic mass is 79.9. The molecule has 47 heavy (non-hydrogen) atoms. The van der Waals surface area contributed by atoms with Gasteiger partial charge in [-0.2, -0.15) is 0 Å². The van der Waals surface area contributed by atoms with Crippen molar-refractivity contribution in [3.05, 3.63) is 129 Å². The number of hydrogen-bond donors (Lipinski definition) is 1. The molecular formula is C37H39BrClN3O4S. The Morgan fingerprint density at radius 1 is 0.872 bits per heavy atom. The lowest BCUT2D eigenvalue weighted by Crippen LogP contribution is -2.55. The van der Waals surface area contributed by atoms with Crippen molar-refractivity contribution in [1.29, 1.82) is 0 Å². The second-order valence-electron chi connectivity index (χ2n) is 12.0. The average Bonchev–Trinajstić information content (AvgIpc) is 3.06. The number of halogens is 2. The minimum absolute atomic E-state index is 0.00434. The minimum atomic E-state index is -4.20. The summed E-state index contributed by atoms with van der Waals surface area (Å²) in [6.07, 6.45) is 5.29. The molecule has 1 aliphatic carbocycles. The van der Waals surface area contributed by atoms with Crippen molar-refractivity contribution in [2.75, 3.05) is 10.8 Å². The van der Waals surface area contributed by atoms with Crippen LogP contribution in [0.1, 0.15) is 48.8 Å². The van der Waals surface area contributed by atoms with E-state index in [0.29, 0.717) is 10.7 Å². The molecule has 1 saturated carbocycles. The van der Waals surface area contributed by atoms with Crippen LogP contribution in [0.15, 0.2) is 112 Å². The van der Waals surface area contributed by atoms with Crippen LogP contribution in [0.2, 0.25) is 5.02 Å². The van der Waals surface area contributed by atoms with Crippen LogP contribution in [0.5, 0.6) is 0 Å². The van der Waals surface area contributed by atoms with Gasteiger partial charge in [0.15, 0.2) is 0 Å². The summed E-state index contributed by atoms with van der Waals surface area (Å²) in [6.45, 7) is 1.51. The van der Waals surface area contributed by atoms with E-state index in [9.17, 15) is 18.0 Å². The number of benzene rings is 4. The van der Waals surface area contributed by atoms with E-state index in [4.69, 9.17) is 11.6 Å². The number of anilines is 1. The van der Waals surface area contributed by atoms with Gasteiger partial charge in [-0.05, 0) is 79.4 Å². The first kappa shape index (κ1) is 34.7. The van der Waals surface area contributed by atoms with Gasteiger partial charge in [0, 0.05) is 28.5 Å². The largest absolute Gasteiger partial charge is 0.352 e. The molecule has 0 aromatic heterocycles. The monoisotopic (exact) mass is 735 g/mol. The fourth-order valence-corrected chi connectivity index (χ4v) is 7.89. The van der Waals surface area contributed by atoms with E-state index < -0.39 is 28.5 Å². The van der Waals surface area contributed by atoms with E-state index in [-0.39, 0.29) is 29.8 Å². The normalized spacial score (nSPS) is 14.3.